The monoisotopic (exact) mass is 423 g/mol. The summed E-state index contributed by atoms with van der Waals surface area (Å²) in [6.45, 7) is 6.99. The number of likely N-dealkylation sites (tertiary alicyclic amines) is 2. The van der Waals surface area contributed by atoms with Crippen LogP contribution in [0.5, 0.6) is 5.75 Å². The van der Waals surface area contributed by atoms with E-state index in [1.165, 1.54) is 12.1 Å². The lowest BCUT2D eigenvalue weighted by Crippen LogP contribution is -2.40. The number of aromatic amines is 1. The van der Waals surface area contributed by atoms with Gasteiger partial charge in [-0.2, -0.15) is 5.10 Å². The molecule has 1 aromatic carbocycles. The number of aromatic nitrogens is 3. The van der Waals surface area contributed by atoms with Crippen LogP contribution in [0.25, 0.3) is 0 Å². The highest BCUT2D eigenvalue weighted by Crippen LogP contribution is 2.44. The van der Waals surface area contributed by atoms with Crippen LogP contribution in [0.3, 0.4) is 0 Å². The molecule has 0 radical (unpaired) electrons. The van der Waals surface area contributed by atoms with Gasteiger partial charge in [0.25, 0.3) is 0 Å². The second-order valence-electron chi connectivity index (χ2n) is 8.09. The van der Waals surface area contributed by atoms with Crippen LogP contribution in [-0.2, 0) is 16.8 Å². The van der Waals surface area contributed by atoms with E-state index in [1.807, 2.05) is 18.7 Å². The maximum Gasteiger partial charge on any atom is 0.573 e. The van der Waals surface area contributed by atoms with Crippen LogP contribution in [-0.4, -0.2) is 63.4 Å². The molecule has 4 rings (SSSR count). The fraction of sp³-hybridized carbons (Fsp3) is 0.550. The first-order valence-corrected chi connectivity index (χ1v) is 9.93. The van der Waals surface area contributed by atoms with Gasteiger partial charge in [-0.1, -0.05) is 19.1 Å². The number of hydrogen-bond donors (Lipinski definition) is 1. The van der Waals surface area contributed by atoms with Gasteiger partial charge in [-0.25, -0.2) is 4.98 Å². The Morgan fingerprint density at radius 2 is 2.00 bits per heavy atom. The molecular formula is C20H24F3N5O2. The number of nitrogens with zero attached hydrogens (tertiary/aromatic N) is 4. The van der Waals surface area contributed by atoms with Crippen molar-refractivity contribution >= 4 is 5.91 Å². The third-order valence-electron chi connectivity index (χ3n) is 5.94. The van der Waals surface area contributed by atoms with E-state index < -0.39 is 6.36 Å². The Hall–Kier alpha value is -2.62. The molecule has 2 aliphatic heterocycles. The number of rotatable bonds is 5. The van der Waals surface area contributed by atoms with E-state index in [9.17, 15) is 18.0 Å². The van der Waals surface area contributed by atoms with E-state index >= 15 is 0 Å². The fourth-order valence-corrected chi connectivity index (χ4v) is 4.64. The number of fused-ring (bicyclic) bond motifs is 1. The molecule has 1 amide bonds. The van der Waals surface area contributed by atoms with Crippen LogP contribution in [0.15, 0.2) is 24.3 Å². The van der Waals surface area contributed by atoms with Gasteiger partial charge >= 0.3 is 6.36 Å². The summed E-state index contributed by atoms with van der Waals surface area (Å²) in [6.07, 6.45) is -4.23. The Labute approximate surface area is 172 Å². The molecule has 7 nitrogen and oxygen atoms in total. The average Bonchev–Trinajstić information content (AvgIpc) is 3.34. The number of aryl methyl sites for hydroxylation is 1. The van der Waals surface area contributed by atoms with E-state index in [-0.39, 0.29) is 23.0 Å². The highest BCUT2D eigenvalue weighted by atomic mass is 19.4. The molecule has 2 atom stereocenters. The van der Waals surface area contributed by atoms with Gasteiger partial charge in [-0.3, -0.25) is 14.8 Å². The predicted octanol–water partition coefficient (Wildman–Crippen LogP) is 2.63. The standard InChI is InChI=1S/C20H24F3N5O2/c1-3-17(29)28-10-15-9-27(11-19(15,12-28)18-24-13(2)25-26-18)8-14-4-6-16(7-5-14)30-20(21,22)23/h4-7,15H,3,8-12H2,1-2H3,(H,24,25,26)/t15-,19-/m1/s1. The molecule has 2 saturated heterocycles. The molecule has 1 aromatic heterocycles. The zero-order chi connectivity index (χ0) is 21.5. The summed E-state index contributed by atoms with van der Waals surface area (Å²) < 4.78 is 41.0. The number of hydrogen-bond acceptors (Lipinski definition) is 5. The Kier molecular flexibility index (Phi) is 5.21. The maximum absolute atomic E-state index is 12.3. The lowest BCUT2D eigenvalue weighted by atomic mass is 9.80. The maximum atomic E-state index is 12.3. The second kappa shape index (κ2) is 7.57. The van der Waals surface area contributed by atoms with Crippen molar-refractivity contribution in [2.24, 2.45) is 5.92 Å². The van der Waals surface area contributed by atoms with Crippen LogP contribution < -0.4 is 4.74 Å². The van der Waals surface area contributed by atoms with Crippen molar-refractivity contribution in [1.29, 1.82) is 0 Å². The molecule has 0 bridgehead atoms. The third-order valence-corrected chi connectivity index (χ3v) is 5.94. The van der Waals surface area contributed by atoms with Gasteiger partial charge in [-0.15, -0.1) is 13.2 Å². The Morgan fingerprint density at radius 3 is 2.60 bits per heavy atom. The summed E-state index contributed by atoms with van der Waals surface area (Å²) in [5, 5.41) is 7.33. The number of halogens is 3. The third kappa shape index (κ3) is 4.00. The molecule has 2 fully saturated rings. The Morgan fingerprint density at radius 1 is 1.27 bits per heavy atom. The molecule has 162 valence electrons. The number of H-pyrrole nitrogens is 1. The molecule has 30 heavy (non-hydrogen) atoms. The topological polar surface area (TPSA) is 74.3 Å². The van der Waals surface area contributed by atoms with Crippen molar-refractivity contribution in [3.8, 4) is 5.75 Å². The van der Waals surface area contributed by atoms with Gasteiger partial charge in [0.2, 0.25) is 5.91 Å². The van der Waals surface area contributed by atoms with Gasteiger partial charge in [0, 0.05) is 45.1 Å². The Bertz CT molecular complexity index is 914. The largest absolute Gasteiger partial charge is 0.573 e. The van der Waals surface area contributed by atoms with Gasteiger partial charge in [-0.05, 0) is 24.6 Å². The first kappa shape index (κ1) is 20.6. The van der Waals surface area contributed by atoms with Crippen molar-refractivity contribution in [3.63, 3.8) is 0 Å². The lowest BCUT2D eigenvalue weighted by Gasteiger charge is -2.27. The number of ether oxygens (including phenoxy) is 1. The van der Waals surface area contributed by atoms with E-state index in [2.05, 4.69) is 24.8 Å². The zero-order valence-corrected chi connectivity index (χ0v) is 16.9. The average molecular weight is 423 g/mol. The smallest absolute Gasteiger partial charge is 0.406 e. The van der Waals surface area contributed by atoms with E-state index in [0.29, 0.717) is 32.6 Å². The van der Waals surface area contributed by atoms with Gasteiger partial charge < -0.3 is 9.64 Å². The van der Waals surface area contributed by atoms with Crippen molar-refractivity contribution in [2.45, 2.75) is 38.6 Å². The van der Waals surface area contributed by atoms with Crippen molar-refractivity contribution in [2.75, 3.05) is 26.2 Å². The van der Waals surface area contributed by atoms with E-state index in [4.69, 9.17) is 0 Å². The lowest BCUT2D eigenvalue weighted by molar-refractivity contribution is -0.274. The molecule has 1 N–H and O–H groups in total. The molecular weight excluding hydrogens is 399 g/mol. The summed E-state index contributed by atoms with van der Waals surface area (Å²) in [4.78, 5) is 21.0. The number of alkyl halides is 3. The zero-order valence-electron chi connectivity index (χ0n) is 16.9. The summed E-state index contributed by atoms with van der Waals surface area (Å²) in [6, 6.07) is 5.95. The van der Waals surface area contributed by atoms with Crippen LogP contribution >= 0.6 is 0 Å². The van der Waals surface area contributed by atoms with Gasteiger partial charge in [0.05, 0.1) is 5.41 Å². The van der Waals surface area contributed by atoms with Crippen molar-refractivity contribution in [1.82, 2.24) is 25.0 Å². The summed E-state index contributed by atoms with van der Waals surface area (Å²) in [5.41, 5.74) is 0.557. The highest BCUT2D eigenvalue weighted by molar-refractivity contribution is 5.76. The fourth-order valence-electron chi connectivity index (χ4n) is 4.64. The van der Waals surface area contributed by atoms with Gasteiger partial charge in [0.1, 0.15) is 11.6 Å². The van der Waals surface area contributed by atoms with Crippen LogP contribution in [0, 0.1) is 12.8 Å². The molecule has 0 saturated carbocycles. The number of benzene rings is 1. The first-order chi connectivity index (χ1) is 14.2. The number of carbonyl (C=O) groups is 1. The summed E-state index contributed by atoms with van der Waals surface area (Å²) in [7, 11) is 0. The minimum absolute atomic E-state index is 0.128. The van der Waals surface area contributed by atoms with E-state index in [0.717, 1.165) is 23.8 Å². The highest BCUT2D eigenvalue weighted by Gasteiger charge is 2.56. The minimum Gasteiger partial charge on any atom is -0.406 e. The molecule has 0 spiro atoms. The molecule has 3 heterocycles. The minimum atomic E-state index is -4.70. The van der Waals surface area contributed by atoms with Gasteiger partial charge in [0.15, 0.2) is 5.82 Å². The molecule has 0 unspecified atom stereocenters. The molecule has 2 aliphatic rings. The molecule has 10 heteroatoms. The van der Waals surface area contributed by atoms with Crippen LogP contribution in [0.4, 0.5) is 13.2 Å². The number of carbonyl (C=O) groups excluding carboxylic acids is 1. The Balaban J connectivity index is 1.50. The van der Waals surface area contributed by atoms with Crippen LogP contribution in [0.2, 0.25) is 0 Å². The molecule has 2 aromatic rings. The van der Waals surface area contributed by atoms with Crippen molar-refractivity contribution < 1.29 is 22.7 Å². The number of nitrogens with one attached hydrogen (secondary N) is 1. The van der Waals surface area contributed by atoms with E-state index in [1.54, 1.807) is 12.1 Å². The second-order valence-corrected chi connectivity index (χ2v) is 8.09. The normalized spacial score (nSPS) is 24.3. The summed E-state index contributed by atoms with van der Waals surface area (Å²) >= 11 is 0. The SMILES string of the molecule is CCC(=O)N1C[C@H]2CN(Cc3ccc(OC(F)(F)F)cc3)C[C@@]2(c2n[nH]c(C)n2)C1. The summed E-state index contributed by atoms with van der Waals surface area (Å²) in [5.74, 6) is 1.56. The van der Waals surface area contributed by atoms with Crippen LogP contribution in [0.1, 0.15) is 30.6 Å². The first-order valence-electron chi connectivity index (χ1n) is 9.93. The number of amides is 1. The molecule has 0 aliphatic carbocycles. The predicted molar refractivity (Wildman–Crippen MR) is 102 cm³/mol. The quantitative estimate of drug-likeness (QED) is 0.801. The van der Waals surface area contributed by atoms with Crippen molar-refractivity contribution in [3.05, 3.63) is 41.5 Å².